The van der Waals surface area contributed by atoms with Gasteiger partial charge in [0.1, 0.15) is 0 Å². The minimum atomic E-state index is -0.116. The van der Waals surface area contributed by atoms with Crippen LogP contribution in [0, 0.1) is 0 Å². The molecule has 1 aliphatic rings. The van der Waals surface area contributed by atoms with Gasteiger partial charge >= 0.3 is 0 Å². The average Bonchev–Trinajstić information content (AvgIpc) is 2.45. The lowest BCUT2D eigenvalue weighted by Gasteiger charge is -2.31. The molecule has 2 nitrogen and oxygen atoms in total. The van der Waals surface area contributed by atoms with Gasteiger partial charge in [-0.25, -0.2) is 0 Å². The normalized spacial score (nSPS) is 15.7. The molecular weight excluding hydrogens is 254 g/mol. The third-order valence-corrected chi connectivity index (χ3v) is 3.46. The van der Waals surface area contributed by atoms with E-state index in [1.54, 1.807) is 0 Å². The molecule has 1 aromatic carbocycles. The van der Waals surface area contributed by atoms with E-state index in [2.05, 4.69) is 36.7 Å². The molecule has 0 bridgehead atoms. The summed E-state index contributed by atoms with van der Waals surface area (Å²) >= 11 is 3.49. The first-order chi connectivity index (χ1) is 6.91. The van der Waals surface area contributed by atoms with Crippen LogP contribution in [-0.4, -0.2) is 16.3 Å². The summed E-state index contributed by atoms with van der Waals surface area (Å²) in [7, 11) is 0. The highest BCUT2D eigenvalue weighted by Crippen LogP contribution is 2.33. The Morgan fingerprint density at radius 2 is 2.00 bits per heavy atom. The van der Waals surface area contributed by atoms with Crippen LogP contribution in [0.1, 0.15) is 36.7 Å². The van der Waals surface area contributed by atoms with E-state index in [1.807, 2.05) is 23.1 Å². The van der Waals surface area contributed by atoms with Crippen molar-refractivity contribution in [3.05, 3.63) is 33.8 Å². The summed E-state index contributed by atoms with van der Waals surface area (Å²) in [6, 6.07) is 5.79. The third-order valence-electron chi connectivity index (χ3n) is 2.72. The maximum Gasteiger partial charge on any atom is 0.254 e. The molecule has 0 aliphatic carbocycles. The number of fused-ring (bicyclic) bond motifs is 1. The van der Waals surface area contributed by atoms with Gasteiger partial charge in [0.25, 0.3) is 5.91 Å². The highest BCUT2D eigenvalue weighted by Gasteiger charge is 2.35. The van der Waals surface area contributed by atoms with Crippen molar-refractivity contribution in [3.8, 4) is 0 Å². The number of amides is 1. The van der Waals surface area contributed by atoms with Crippen LogP contribution in [0.3, 0.4) is 0 Å². The molecule has 0 N–H and O–H groups in total. The van der Waals surface area contributed by atoms with Crippen molar-refractivity contribution in [2.45, 2.75) is 32.9 Å². The largest absolute Gasteiger partial charge is 0.329 e. The second-order valence-electron chi connectivity index (χ2n) is 4.83. The SMILES string of the molecule is CC(C)(C)N1Cc2c(Br)cccc2C1=O. The number of halogens is 1. The molecule has 1 amide bonds. The molecule has 3 heteroatoms. The zero-order valence-electron chi connectivity index (χ0n) is 9.17. The Balaban J connectivity index is 2.46. The Bertz CT molecular complexity index is 420. The summed E-state index contributed by atoms with van der Waals surface area (Å²) in [4.78, 5) is 14.0. The molecule has 0 unspecified atom stereocenters. The maximum absolute atomic E-state index is 12.1. The van der Waals surface area contributed by atoms with Crippen molar-refractivity contribution in [2.75, 3.05) is 0 Å². The highest BCUT2D eigenvalue weighted by atomic mass is 79.9. The third kappa shape index (κ3) is 1.69. The number of benzene rings is 1. The van der Waals surface area contributed by atoms with Crippen LogP contribution in [0.4, 0.5) is 0 Å². The van der Waals surface area contributed by atoms with Gasteiger partial charge in [0.2, 0.25) is 0 Å². The van der Waals surface area contributed by atoms with Crippen molar-refractivity contribution in [2.24, 2.45) is 0 Å². The van der Waals surface area contributed by atoms with Gasteiger partial charge in [-0.2, -0.15) is 0 Å². The van der Waals surface area contributed by atoms with E-state index in [0.29, 0.717) is 6.54 Å². The van der Waals surface area contributed by atoms with Gasteiger partial charge in [-0.15, -0.1) is 0 Å². The Morgan fingerprint density at radius 1 is 1.33 bits per heavy atom. The van der Waals surface area contributed by atoms with Gasteiger partial charge in [0.15, 0.2) is 0 Å². The molecule has 2 rings (SSSR count). The van der Waals surface area contributed by atoms with Crippen molar-refractivity contribution < 1.29 is 4.79 Å². The summed E-state index contributed by atoms with van der Waals surface area (Å²) in [5.41, 5.74) is 1.83. The minimum absolute atomic E-state index is 0.116. The number of nitrogens with zero attached hydrogens (tertiary/aromatic N) is 1. The van der Waals surface area contributed by atoms with E-state index in [0.717, 1.165) is 15.6 Å². The second-order valence-corrected chi connectivity index (χ2v) is 5.68. The molecule has 0 atom stereocenters. The van der Waals surface area contributed by atoms with Crippen molar-refractivity contribution >= 4 is 21.8 Å². The summed E-state index contributed by atoms with van der Waals surface area (Å²) in [6.07, 6.45) is 0. The van der Waals surface area contributed by atoms with Crippen molar-refractivity contribution in [1.29, 1.82) is 0 Å². The summed E-state index contributed by atoms with van der Waals surface area (Å²) < 4.78 is 1.03. The van der Waals surface area contributed by atoms with Gasteiger partial charge < -0.3 is 4.90 Å². The van der Waals surface area contributed by atoms with Crippen LogP contribution in [0.2, 0.25) is 0 Å². The van der Waals surface area contributed by atoms with Crippen LogP contribution >= 0.6 is 15.9 Å². The van der Waals surface area contributed by atoms with Gasteiger partial charge in [-0.05, 0) is 38.5 Å². The molecule has 0 aromatic heterocycles. The lowest BCUT2D eigenvalue weighted by atomic mass is 10.1. The molecule has 0 saturated heterocycles. The average molecular weight is 268 g/mol. The van der Waals surface area contributed by atoms with E-state index in [9.17, 15) is 4.79 Å². The summed E-state index contributed by atoms with van der Waals surface area (Å²) in [6.45, 7) is 6.89. The second kappa shape index (κ2) is 3.34. The first-order valence-electron chi connectivity index (χ1n) is 5.00. The predicted octanol–water partition coefficient (Wildman–Crippen LogP) is 3.20. The Hall–Kier alpha value is -0.830. The maximum atomic E-state index is 12.1. The lowest BCUT2D eigenvalue weighted by Crippen LogP contribution is -2.41. The molecule has 1 heterocycles. The van der Waals surface area contributed by atoms with Gasteiger partial charge in [0, 0.05) is 22.1 Å². The molecule has 1 aromatic rings. The summed E-state index contributed by atoms with van der Waals surface area (Å²) in [5, 5.41) is 0. The Morgan fingerprint density at radius 3 is 2.53 bits per heavy atom. The van der Waals surface area contributed by atoms with E-state index in [-0.39, 0.29) is 11.4 Å². The number of carbonyl (C=O) groups is 1. The van der Waals surface area contributed by atoms with Crippen LogP contribution < -0.4 is 0 Å². The first-order valence-corrected chi connectivity index (χ1v) is 5.80. The number of hydrogen-bond acceptors (Lipinski definition) is 1. The molecule has 0 spiro atoms. The van der Waals surface area contributed by atoms with Gasteiger partial charge in [-0.3, -0.25) is 4.79 Å². The number of rotatable bonds is 0. The molecule has 0 saturated carbocycles. The van der Waals surface area contributed by atoms with E-state index in [1.165, 1.54) is 0 Å². The summed E-state index contributed by atoms with van der Waals surface area (Å²) in [5.74, 6) is 0.138. The van der Waals surface area contributed by atoms with Crippen LogP contribution in [0.25, 0.3) is 0 Å². The minimum Gasteiger partial charge on any atom is -0.329 e. The number of hydrogen-bond donors (Lipinski definition) is 0. The van der Waals surface area contributed by atoms with Gasteiger partial charge in [-0.1, -0.05) is 22.0 Å². The van der Waals surface area contributed by atoms with E-state index >= 15 is 0 Å². The van der Waals surface area contributed by atoms with Crippen molar-refractivity contribution in [1.82, 2.24) is 4.90 Å². The fourth-order valence-corrected chi connectivity index (χ4v) is 2.33. The zero-order chi connectivity index (χ0) is 11.2. The van der Waals surface area contributed by atoms with Gasteiger partial charge in [0.05, 0.1) is 0 Å². The standard InChI is InChI=1S/C12H14BrNO/c1-12(2,3)14-7-9-8(11(14)15)5-4-6-10(9)13/h4-6H,7H2,1-3H3. The lowest BCUT2D eigenvalue weighted by molar-refractivity contribution is 0.0609. The Kier molecular flexibility index (Phi) is 2.38. The van der Waals surface area contributed by atoms with Crippen LogP contribution in [0.5, 0.6) is 0 Å². The quantitative estimate of drug-likeness (QED) is 0.707. The highest BCUT2D eigenvalue weighted by molar-refractivity contribution is 9.10. The molecular formula is C12H14BrNO. The molecule has 0 radical (unpaired) electrons. The molecule has 0 fully saturated rings. The van der Waals surface area contributed by atoms with Crippen LogP contribution in [-0.2, 0) is 6.54 Å². The molecule has 80 valence electrons. The molecule has 15 heavy (non-hydrogen) atoms. The van der Waals surface area contributed by atoms with Crippen molar-refractivity contribution in [3.63, 3.8) is 0 Å². The topological polar surface area (TPSA) is 20.3 Å². The monoisotopic (exact) mass is 267 g/mol. The Labute approximate surface area is 98.4 Å². The van der Waals surface area contributed by atoms with Crippen LogP contribution in [0.15, 0.2) is 22.7 Å². The van der Waals surface area contributed by atoms with E-state index in [4.69, 9.17) is 0 Å². The van der Waals surface area contributed by atoms with E-state index < -0.39 is 0 Å². The first kappa shape index (κ1) is 10.7. The fourth-order valence-electron chi connectivity index (χ4n) is 1.84. The molecule has 1 aliphatic heterocycles. The number of carbonyl (C=O) groups excluding carboxylic acids is 1. The zero-order valence-corrected chi connectivity index (χ0v) is 10.8. The predicted molar refractivity (Wildman–Crippen MR) is 63.8 cm³/mol. The fraction of sp³-hybridized carbons (Fsp3) is 0.417. The smallest absolute Gasteiger partial charge is 0.254 e.